The molecule has 0 spiro atoms. The molecule has 0 atom stereocenters. The number of hydrogen-bond donors (Lipinski definition) is 0. The molecule has 0 fully saturated rings. The largest absolute Gasteiger partial charge is 0.0620 e. The molecule has 0 aliphatic rings. The zero-order valence-electron chi connectivity index (χ0n) is 5.72. The molecule has 0 aromatic heterocycles. The Hall–Kier alpha value is -0.0917. The van der Waals surface area contributed by atoms with Crippen molar-refractivity contribution in [3.8, 4) is 0 Å². The van der Waals surface area contributed by atoms with Crippen LogP contribution in [0.25, 0.3) is 0 Å². The minimum Gasteiger partial charge on any atom is -0.0620 e. The molecule has 0 aliphatic carbocycles. The van der Waals surface area contributed by atoms with Gasteiger partial charge in [0, 0.05) is 21.1 Å². The average Bonchev–Trinajstić information content (AvgIpc) is 1.77. The molecule has 0 nitrogen and oxygen atoms in total. The predicted molar refractivity (Wildman–Crippen MR) is 35.9 cm³/mol. The Bertz CT molecular complexity index is 161. The van der Waals surface area contributed by atoms with Gasteiger partial charge in [-0.2, -0.15) is 0 Å². The van der Waals surface area contributed by atoms with Crippen LogP contribution in [0.15, 0.2) is 24.3 Å². The summed E-state index contributed by atoms with van der Waals surface area (Å²) in [4.78, 5) is 0. The molecule has 0 radical (unpaired) electrons. The molecule has 9 heavy (non-hydrogen) atoms. The Morgan fingerprint density at radius 3 is 1.44 bits per heavy atom. The van der Waals surface area contributed by atoms with Gasteiger partial charge in [-0.05, 0) is 25.0 Å². The van der Waals surface area contributed by atoms with Crippen molar-refractivity contribution in [3.63, 3.8) is 0 Å². The molecule has 0 bridgehead atoms. The monoisotopic (exact) mass is 290 g/mol. The molecular formula is C8H10W. The Labute approximate surface area is 70.5 Å². The summed E-state index contributed by atoms with van der Waals surface area (Å²) in [5.74, 6) is 0. The smallest absolute Gasteiger partial charge is 0 e. The first-order valence-corrected chi connectivity index (χ1v) is 2.83. The summed E-state index contributed by atoms with van der Waals surface area (Å²) in [6, 6.07) is 8.36. The number of hydrogen-bond acceptors (Lipinski definition) is 0. The number of aryl methyl sites for hydroxylation is 2. The first-order valence-electron chi connectivity index (χ1n) is 2.83. The summed E-state index contributed by atoms with van der Waals surface area (Å²) in [7, 11) is 0. The van der Waals surface area contributed by atoms with Crippen LogP contribution >= 0.6 is 0 Å². The Morgan fingerprint density at radius 1 is 0.889 bits per heavy atom. The van der Waals surface area contributed by atoms with Gasteiger partial charge in [0.05, 0.1) is 0 Å². The molecule has 0 saturated heterocycles. The van der Waals surface area contributed by atoms with Gasteiger partial charge in [-0.15, -0.1) is 0 Å². The van der Waals surface area contributed by atoms with E-state index in [2.05, 4.69) is 38.1 Å². The van der Waals surface area contributed by atoms with Crippen LogP contribution in [-0.2, 0) is 21.1 Å². The molecule has 1 aromatic rings. The third kappa shape index (κ3) is 2.32. The SMILES string of the molecule is Cc1ccccc1C.[W]. The molecule has 1 rings (SSSR count). The second-order valence-electron chi connectivity index (χ2n) is 2.08. The van der Waals surface area contributed by atoms with Crippen molar-refractivity contribution in [2.75, 3.05) is 0 Å². The molecule has 0 saturated carbocycles. The number of benzene rings is 1. The maximum absolute atomic E-state index is 2.12. The summed E-state index contributed by atoms with van der Waals surface area (Å²) in [6.45, 7) is 4.24. The van der Waals surface area contributed by atoms with Gasteiger partial charge in [0.15, 0.2) is 0 Å². The second kappa shape index (κ2) is 3.84. The van der Waals surface area contributed by atoms with Crippen LogP contribution in [0, 0.1) is 13.8 Å². The maximum Gasteiger partial charge on any atom is 0 e. The van der Waals surface area contributed by atoms with E-state index in [1.165, 1.54) is 11.1 Å². The molecule has 0 N–H and O–H groups in total. The van der Waals surface area contributed by atoms with Crippen molar-refractivity contribution in [1.82, 2.24) is 0 Å². The van der Waals surface area contributed by atoms with E-state index in [1.54, 1.807) is 0 Å². The van der Waals surface area contributed by atoms with Gasteiger partial charge in [0.2, 0.25) is 0 Å². The molecule has 1 aromatic carbocycles. The van der Waals surface area contributed by atoms with Gasteiger partial charge in [-0.3, -0.25) is 0 Å². The van der Waals surface area contributed by atoms with Gasteiger partial charge >= 0.3 is 0 Å². The first-order chi connectivity index (χ1) is 3.80. The standard InChI is InChI=1S/C8H10.W/c1-7-5-3-4-6-8(7)2;/h3-6H,1-2H3;. The Balaban J connectivity index is 0.000000640. The van der Waals surface area contributed by atoms with Crippen molar-refractivity contribution < 1.29 is 21.1 Å². The fraction of sp³-hybridized carbons (Fsp3) is 0.250. The Morgan fingerprint density at radius 2 is 1.22 bits per heavy atom. The van der Waals surface area contributed by atoms with Crippen molar-refractivity contribution in [3.05, 3.63) is 35.4 Å². The third-order valence-corrected chi connectivity index (χ3v) is 1.43. The summed E-state index contributed by atoms with van der Waals surface area (Å²) >= 11 is 0. The van der Waals surface area contributed by atoms with Crippen molar-refractivity contribution in [2.45, 2.75) is 13.8 Å². The van der Waals surface area contributed by atoms with Crippen LogP contribution in [0.2, 0.25) is 0 Å². The fourth-order valence-electron chi connectivity index (χ4n) is 0.663. The molecule has 0 aliphatic heterocycles. The normalized spacial score (nSPS) is 8.22. The van der Waals surface area contributed by atoms with Crippen LogP contribution in [0.5, 0.6) is 0 Å². The van der Waals surface area contributed by atoms with Gasteiger partial charge in [-0.1, -0.05) is 24.3 Å². The third-order valence-electron chi connectivity index (χ3n) is 1.43. The van der Waals surface area contributed by atoms with Gasteiger partial charge < -0.3 is 0 Å². The summed E-state index contributed by atoms with van der Waals surface area (Å²) < 4.78 is 0. The Kier molecular flexibility index (Phi) is 3.81. The molecular weight excluding hydrogens is 280 g/mol. The quantitative estimate of drug-likeness (QED) is 0.688. The zero-order valence-corrected chi connectivity index (χ0v) is 8.65. The first kappa shape index (κ1) is 8.91. The van der Waals surface area contributed by atoms with E-state index >= 15 is 0 Å². The van der Waals surface area contributed by atoms with Crippen LogP contribution in [0.1, 0.15) is 11.1 Å². The van der Waals surface area contributed by atoms with Crippen molar-refractivity contribution >= 4 is 0 Å². The predicted octanol–water partition coefficient (Wildman–Crippen LogP) is 2.30. The zero-order chi connectivity index (χ0) is 5.98. The van der Waals surface area contributed by atoms with E-state index in [1.807, 2.05) is 0 Å². The average molecular weight is 290 g/mol. The molecule has 0 unspecified atom stereocenters. The number of rotatable bonds is 0. The summed E-state index contributed by atoms with van der Waals surface area (Å²) in [6.07, 6.45) is 0. The van der Waals surface area contributed by atoms with Crippen LogP contribution in [0.3, 0.4) is 0 Å². The summed E-state index contributed by atoms with van der Waals surface area (Å²) in [5.41, 5.74) is 2.74. The van der Waals surface area contributed by atoms with Gasteiger partial charge in [0.1, 0.15) is 0 Å². The van der Waals surface area contributed by atoms with E-state index in [9.17, 15) is 0 Å². The minimum atomic E-state index is 0. The maximum atomic E-state index is 2.12. The van der Waals surface area contributed by atoms with Gasteiger partial charge in [-0.25, -0.2) is 0 Å². The molecule has 0 amide bonds. The van der Waals surface area contributed by atoms with Crippen molar-refractivity contribution in [2.24, 2.45) is 0 Å². The summed E-state index contributed by atoms with van der Waals surface area (Å²) in [5, 5.41) is 0. The van der Waals surface area contributed by atoms with Crippen LogP contribution in [0.4, 0.5) is 0 Å². The van der Waals surface area contributed by atoms with E-state index in [0.29, 0.717) is 0 Å². The van der Waals surface area contributed by atoms with E-state index in [4.69, 9.17) is 0 Å². The molecule has 48 valence electrons. The molecule has 0 heterocycles. The fourth-order valence-corrected chi connectivity index (χ4v) is 0.663. The van der Waals surface area contributed by atoms with E-state index in [0.717, 1.165) is 0 Å². The van der Waals surface area contributed by atoms with E-state index < -0.39 is 0 Å². The van der Waals surface area contributed by atoms with E-state index in [-0.39, 0.29) is 21.1 Å². The van der Waals surface area contributed by atoms with Gasteiger partial charge in [0.25, 0.3) is 0 Å². The second-order valence-corrected chi connectivity index (χ2v) is 2.08. The van der Waals surface area contributed by atoms with Crippen LogP contribution < -0.4 is 0 Å². The van der Waals surface area contributed by atoms with Crippen molar-refractivity contribution in [1.29, 1.82) is 0 Å². The minimum absolute atomic E-state index is 0. The topological polar surface area (TPSA) is 0 Å². The van der Waals surface area contributed by atoms with Crippen LogP contribution in [-0.4, -0.2) is 0 Å². The molecule has 1 heteroatoms.